The average molecular weight is 402 g/mol. The van der Waals surface area contributed by atoms with Crippen molar-refractivity contribution in [1.29, 1.82) is 0 Å². The summed E-state index contributed by atoms with van der Waals surface area (Å²) in [4.78, 5) is 10.6. The Morgan fingerprint density at radius 1 is 0.828 bits per heavy atom. The summed E-state index contributed by atoms with van der Waals surface area (Å²) in [5.74, 6) is -1.13. The molecule has 0 radical (unpaired) electrons. The van der Waals surface area contributed by atoms with E-state index in [1.807, 2.05) is 6.07 Å². The first-order valence-electron chi connectivity index (χ1n) is 10.4. The van der Waals surface area contributed by atoms with Gasteiger partial charge in [0.25, 0.3) is 0 Å². The van der Waals surface area contributed by atoms with Gasteiger partial charge in [-0.05, 0) is 66.8 Å². The van der Waals surface area contributed by atoms with E-state index in [2.05, 4.69) is 0 Å². The van der Waals surface area contributed by atoms with Crippen molar-refractivity contribution < 1.29 is 23.8 Å². The zero-order chi connectivity index (χ0) is 20.8. The van der Waals surface area contributed by atoms with Gasteiger partial charge < -0.3 is 10.2 Å². The van der Waals surface area contributed by atoms with E-state index in [4.69, 9.17) is 10.2 Å². The number of aromatic carboxylic acids is 1. The zero-order valence-electron chi connectivity index (χ0n) is 16.5. The normalized spacial score (nSPS) is 17.2. The molecule has 0 unspecified atom stereocenters. The minimum absolute atomic E-state index is 0.212. The number of hydrogen-bond donors (Lipinski definition) is 2. The maximum Gasteiger partial charge on any atom is 0.338 e. The summed E-state index contributed by atoms with van der Waals surface area (Å²) in [6.45, 7) is -0.212. The summed E-state index contributed by atoms with van der Waals surface area (Å²) >= 11 is 0. The second kappa shape index (κ2) is 9.97. The molecule has 0 aliphatic heterocycles. The lowest BCUT2D eigenvalue weighted by Gasteiger charge is -2.10. The van der Waals surface area contributed by atoms with Crippen LogP contribution in [0, 0.1) is 11.6 Å². The number of carboxylic acid groups (broad SMARTS) is 1. The maximum absolute atomic E-state index is 13.4. The van der Waals surface area contributed by atoms with Crippen molar-refractivity contribution in [2.24, 2.45) is 0 Å². The van der Waals surface area contributed by atoms with Gasteiger partial charge in [-0.1, -0.05) is 43.9 Å². The fraction of sp³-hybridized carbons (Fsp3) is 0.458. The van der Waals surface area contributed by atoms with Gasteiger partial charge in [0, 0.05) is 5.56 Å². The number of aliphatic hydroxyl groups is 1. The summed E-state index contributed by atoms with van der Waals surface area (Å²) < 4.78 is 26.7. The Morgan fingerprint density at radius 2 is 1.31 bits per heavy atom. The summed E-state index contributed by atoms with van der Waals surface area (Å²) in [5.41, 5.74) is 2.19. The van der Waals surface area contributed by atoms with Gasteiger partial charge in [0.15, 0.2) is 0 Å². The van der Waals surface area contributed by atoms with Crippen LogP contribution < -0.4 is 0 Å². The van der Waals surface area contributed by atoms with E-state index in [9.17, 15) is 13.6 Å². The Kier molecular flexibility index (Phi) is 7.37. The van der Waals surface area contributed by atoms with Crippen LogP contribution in [0.4, 0.5) is 8.78 Å². The molecule has 2 saturated carbocycles. The van der Waals surface area contributed by atoms with E-state index in [0.29, 0.717) is 17.4 Å². The molecule has 0 aromatic heterocycles. The Labute approximate surface area is 170 Å². The molecule has 0 amide bonds. The van der Waals surface area contributed by atoms with E-state index in [1.54, 1.807) is 18.2 Å². The monoisotopic (exact) mass is 402 g/mol. The first-order valence-corrected chi connectivity index (χ1v) is 10.4. The third-order valence-corrected chi connectivity index (χ3v) is 6.12. The molecule has 2 aliphatic carbocycles. The fourth-order valence-electron chi connectivity index (χ4n) is 4.42. The van der Waals surface area contributed by atoms with Crippen molar-refractivity contribution in [2.75, 3.05) is 0 Å². The molecule has 2 N–H and O–H groups in total. The van der Waals surface area contributed by atoms with Crippen LogP contribution in [0.5, 0.6) is 0 Å². The molecule has 3 nitrogen and oxygen atoms in total. The van der Waals surface area contributed by atoms with Gasteiger partial charge in [0.2, 0.25) is 0 Å². The largest absolute Gasteiger partial charge is 0.478 e. The first kappa shape index (κ1) is 21.4. The van der Waals surface area contributed by atoms with Gasteiger partial charge in [-0.2, -0.15) is 0 Å². The Bertz CT molecular complexity index is 838. The van der Waals surface area contributed by atoms with Crippen molar-refractivity contribution in [3.63, 3.8) is 0 Å². The van der Waals surface area contributed by atoms with Gasteiger partial charge in [0.05, 0.1) is 12.2 Å². The highest BCUT2D eigenvalue weighted by Gasteiger charge is 2.20. The van der Waals surface area contributed by atoms with Crippen LogP contribution >= 0.6 is 0 Å². The van der Waals surface area contributed by atoms with Crippen molar-refractivity contribution >= 4 is 5.97 Å². The predicted octanol–water partition coefficient (Wildman–Crippen LogP) is 6.16. The Hall–Kier alpha value is -2.27. The minimum atomic E-state index is -1.20. The summed E-state index contributed by atoms with van der Waals surface area (Å²) in [6.07, 6.45) is 9.43. The van der Waals surface area contributed by atoms with Gasteiger partial charge in [-0.3, -0.25) is 0 Å². The minimum Gasteiger partial charge on any atom is -0.478 e. The molecule has 0 saturated heterocycles. The number of halogens is 2. The lowest BCUT2D eigenvalue weighted by molar-refractivity contribution is 0.0692. The SMILES string of the molecule is O=C(O)c1ccc(C2CCCC2)cc1F.OCc1ccc(C2CCCC2)cc1F. The molecular weight excluding hydrogens is 374 g/mol. The second-order valence-corrected chi connectivity index (χ2v) is 8.02. The fourth-order valence-corrected chi connectivity index (χ4v) is 4.42. The topological polar surface area (TPSA) is 57.5 Å². The summed E-state index contributed by atoms with van der Waals surface area (Å²) in [5, 5.41) is 17.5. The van der Waals surface area contributed by atoms with E-state index in [1.165, 1.54) is 50.7 Å². The molecule has 0 heterocycles. The van der Waals surface area contributed by atoms with Crippen LogP contribution in [0.3, 0.4) is 0 Å². The smallest absolute Gasteiger partial charge is 0.338 e. The quantitative estimate of drug-likeness (QED) is 0.644. The molecule has 2 aliphatic rings. The molecule has 0 atom stereocenters. The van der Waals surface area contributed by atoms with Crippen LogP contribution in [-0.2, 0) is 6.61 Å². The van der Waals surface area contributed by atoms with Crippen LogP contribution in [0.1, 0.15) is 90.3 Å². The highest BCUT2D eigenvalue weighted by molar-refractivity contribution is 5.87. The summed E-state index contributed by atoms with van der Waals surface area (Å²) in [7, 11) is 0. The number of carbonyl (C=O) groups is 1. The van der Waals surface area contributed by atoms with Gasteiger partial charge in [-0.15, -0.1) is 0 Å². The van der Waals surface area contributed by atoms with E-state index in [-0.39, 0.29) is 18.0 Å². The summed E-state index contributed by atoms with van der Waals surface area (Å²) in [6, 6.07) is 9.71. The lowest BCUT2D eigenvalue weighted by atomic mass is 9.96. The molecule has 4 rings (SSSR count). The van der Waals surface area contributed by atoms with Crippen molar-refractivity contribution in [2.45, 2.75) is 69.8 Å². The molecule has 0 bridgehead atoms. The van der Waals surface area contributed by atoms with E-state index in [0.717, 1.165) is 24.0 Å². The average Bonchev–Trinajstić information content (AvgIpc) is 3.42. The van der Waals surface area contributed by atoms with Crippen LogP contribution in [-0.4, -0.2) is 16.2 Å². The predicted molar refractivity (Wildman–Crippen MR) is 108 cm³/mol. The molecule has 2 aromatic rings. The molecule has 2 aromatic carbocycles. The lowest BCUT2D eigenvalue weighted by Crippen LogP contribution is -2.02. The molecular formula is C24H28F2O3. The third kappa shape index (κ3) is 5.41. The zero-order valence-corrected chi connectivity index (χ0v) is 16.5. The highest BCUT2D eigenvalue weighted by Crippen LogP contribution is 2.35. The standard InChI is InChI=1S/C12H13FO2.C12H15FO/c13-11-7-9(8-3-1-2-4-8)5-6-10(11)12(14)15;13-12-7-10(5-6-11(12)8-14)9-3-1-2-4-9/h5-8H,1-4H2,(H,14,15);5-7,9,14H,1-4,8H2. The van der Waals surface area contributed by atoms with E-state index >= 15 is 0 Å². The van der Waals surface area contributed by atoms with Crippen LogP contribution in [0.25, 0.3) is 0 Å². The molecule has 156 valence electrons. The van der Waals surface area contributed by atoms with Crippen molar-refractivity contribution in [3.05, 3.63) is 70.3 Å². The van der Waals surface area contributed by atoms with Gasteiger partial charge >= 0.3 is 5.97 Å². The van der Waals surface area contributed by atoms with Gasteiger partial charge in [-0.25, -0.2) is 13.6 Å². The van der Waals surface area contributed by atoms with Crippen molar-refractivity contribution in [3.8, 4) is 0 Å². The first-order chi connectivity index (χ1) is 14.0. The molecule has 5 heteroatoms. The highest BCUT2D eigenvalue weighted by atomic mass is 19.1. The molecule has 29 heavy (non-hydrogen) atoms. The number of rotatable bonds is 4. The molecule has 2 fully saturated rings. The number of benzene rings is 2. The van der Waals surface area contributed by atoms with Gasteiger partial charge in [0.1, 0.15) is 11.6 Å². The Morgan fingerprint density at radius 3 is 1.72 bits per heavy atom. The third-order valence-electron chi connectivity index (χ3n) is 6.12. The van der Waals surface area contributed by atoms with Crippen LogP contribution in [0.15, 0.2) is 36.4 Å². The Balaban J connectivity index is 0.000000166. The molecule has 0 spiro atoms. The van der Waals surface area contributed by atoms with E-state index < -0.39 is 11.8 Å². The van der Waals surface area contributed by atoms with Crippen molar-refractivity contribution in [1.82, 2.24) is 0 Å². The number of aliphatic hydroxyl groups excluding tert-OH is 1. The van der Waals surface area contributed by atoms with Crippen LogP contribution in [0.2, 0.25) is 0 Å². The maximum atomic E-state index is 13.4. The second-order valence-electron chi connectivity index (χ2n) is 8.02. The number of hydrogen-bond acceptors (Lipinski definition) is 2. The number of carboxylic acids is 1.